The number of aliphatic carboxylic acids is 1. The molecule has 5 heteroatoms. The van der Waals surface area contributed by atoms with Crippen molar-refractivity contribution in [3.8, 4) is 0 Å². The molecule has 0 aliphatic carbocycles. The molecule has 0 amide bonds. The van der Waals surface area contributed by atoms with E-state index in [1.54, 1.807) is 0 Å². The molecule has 0 saturated carbocycles. The molecule has 0 aliphatic rings. The van der Waals surface area contributed by atoms with Gasteiger partial charge in [-0.2, -0.15) is 23.5 Å². The summed E-state index contributed by atoms with van der Waals surface area (Å²) in [5.74, 6) is 2.10. The zero-order valence-electron chi connectivity index (χ0n) is 25.1. The molecule has 0 aromatic heterocycles. The van der Waals surface area contributed by atoms with E-state index in [1.165, 1.54) is 33.4 Å². The standard InChI is InChI=1S/C38H40O2S2.Na/c39-38(40)17-8-7-16-37(42-30-36-15-9-14-34(28-36)23-20-32-12-5-2-6-13-32)26-27-41-29-35-24-21-33(22-25-35)19-18-31-10-3-1-4-11-31;/h1-6,9-15,18-25,28,37H,7-8,16-17,26-27,29-30H2,(H,39,40);/q;+1/p-1/b19-18+,23-20+;. The summed E-state index contributed by atoms with van der Waals surface area (Å²) in [5.41, 5.74) is 7.48. The van der Waals surface area contributed by atoms with Crippen molar-refractivity contribution in [1.82, 2.24) is 0 Å². The van der Waals surface area contributed by atoms with Crippen LogP contribution in [0.5, 0.6) is 0 Å². The van der Waals surface area contributed by atoms with E-state index >= 15 is 0 Å². The minimum Gasteiger partial charge on any atom is -0.550 e. The summed E-state index contributed by atoms with van der Waals surface area (Å²) in [7, 11) is 0. The normalized spacial score (nSPS) is 11.9. The zero-order chi connectivity index (χ0) is 29.2. The number of thioether (sulfide) groups is 2. The SMILES string of the molecule is O=C([O-])CCCCC(CCSCc1ccc(/C=C/c2ccccc2)cc1)SCc1cccc(/C=C/c2ccccc2)c1.[Na+]. The third-order valence-corrected chi connectivity index (χ3v) is 9.47. The summed E-state index contributed by atoms with van der Waals surface area (Å²) < 4.78 is 0. The maximum absolute atomic E-state index is 10.9. The number of carbonyl (C=O) groups is 1. The van der Waals surface area contributed by atoms with Crippen LogP contribution in [0, 0.1) is 0 Å². The molecule has 1 unspecified atom stereocenters. The third kappa shape index (κ3) is 14.2. The molecule has 0 radical (unpaired) electrons. The van der Waals surface area contributed by atoms with Gasteiger partial charge in [0.2, 0.25) is 0 Å². The predicted molar refractivity (Wildman–Crippen MR) is 183 cm³/mol. The molecule has 4 aromatic rings. The number of carboxylic acids is 1. The molecule has 216 valence electrons. The van der Waals surface area contributed by atoms with Gasteiger partial charge in [0.1, 0.15) is 0 Å². The molecule has 2 nitrogen and oxygen atoms in total. The van der Waals surface area contributed by atoms with Crippen LogP contribution in [-0.2, 0) is 16.3 Å². The van der Waals surface area contributed by atoms with Gasteiger partial charge in [0.05, 0.1) is 0 Å². The number of hydrogen-bond acceptors (Lipinski definition) is 4. The molecular weight excluding hydrogens is 576 g/mol. The first-order valence-electron chi connectivity index (χ1n) is 14.7. The topological polar surface area (TPSA) is 40.1 Å². The summed E-state index contributed by atoms with van der Waals surface area (Å²) >= 11 is 3.98. The smallest absolute Gasteiger partial charge is 0.550 e. The summed E-state index contributed by atoms with van der Waals surface area (Å²) in [6.07, 6.45) is 12.5. The van der Waals surface area contributed by atoms with Crippen LogP contribution in [0.15, 0.2) is 109 Å². The molecule has 1 atom stereocenters. The van der Waals surface area contributed by atoms with Gasteiger partial charge in [-0.15, -0.1) is 0 Å². The van der Waals surface area contributed by atoms with E-state index in [0.717, 1.165) is 36.5 Å². The first kappa shape index (κ1) is 35.0. The number of rotatable bonds is 17. The number of carboxylic acid groups (broad SMARTS) is 1. The first-order valence-corrected chi connectivity index (χ1v) is 16.9. The fraction of sp³-hybridized carbons (Fsp3) is 0.237. The van der Waals surface area contributed by atoms with Crippen LogP contribution in [-0.4, -0.2) is 17.0 Å². The van der Waals surface area contributed by atoms with Gasteiger partial charge in [-0.05, 0) is 64.8 Å². The maximum Gasteiger partial charge on any atom is 1.00 e. The largest absolute Gasteiger partial charge is 1.00 e. The van der Waals surface area contributed by atoms with E-state index in [-0.39, 0.29) is 36.0 Å². The summed E-state index contributed by atoms with van der Waals surface area (Å²) in [5, 5.41) is 11.4. The van der Waals surface area contributed by atoms with Crippen LogP contribution >= 0.6 is 23.5 Å². The fourth-order valence-electron chi connectivity index (χ4n) is 4.60. The van der Waals surface area contributed by atoms with Crippen molar-refractivity contribution in [2.75, 3.05) is 5.75 Å². The van der Waals surface area contributed by atoms with Crippen molar-refractivity contribution in [3.63, 3.8) is 0 Å². The van der Waals surface area contributed by atoms with Gasteiger partial charge >= 0.3 is 29.6 Å². The van der Waals surface area contributed by atoms with E-state index in [2.05, 4.69) is 121 Å². The van der Waals surface area contributed by atoms with Crippen molar-refractivity contribution in [3.05, 3.63) is 143 Å². The van der Waals surface area contributed by atoms with Gasteiger partial charge in [0.15, 0.2) is 0 Å². The average molecular weight is 615 g/mol. The first-order chi connectivity index (χ1) is 20.6. The Bertz CT molecular complexity index is 1400. The van der Waals surface area contributed by atoms with Crippen LogP contribution in [0.25, 0.3) is 24.3 Å². The monoisotopic (exact) mass is 614 g/mol. The summed E-state index contributed by atoms with van der Waals surface area (Å²) in [6.45, 7) is 0. The van der Waals surface area contributed by atoms with Crippen molar-refractivity contribution >= 4 is 53.8 Å². The Morgan fingerprint density at radius 2 is 1.21 bits per heavy atom. The minimum absolute atomic E-state index is 0. The van der Waals surface area contributed by atoms with Crippen LogP contribution in [0.3, 0.4) is 0 Å². The maximum atomic E-state index is 10.9. The Labute approximate surface area is 288 Å². The van der Waals surface area contributed by atoms with Gasteiger partial charge in [-0.25, -0.2) is 0 Å². The van der Waals surface area contributed by atoms with Crippen molar-refractivity contribution < 1.29 is 39.5 Å². The van der Waals surface area contributed by atoms with Gasteiger partial charge in [-0.3, -0.25) is 0 Å². The van der Waals surface area contributed by atoms with E-state index in [1.807, 2.05) is 35.7 Å². The van der Waals surface area contributed by atoms with E-state index in [4.69, 9.17) is 0 Å². The van der Waals surface area contributed by atoms with Gasteiger partial charge < -0.3 is 9.90 Å². The quantitative estimate of drug-likeness (QED) is 0.0799. The Balaban J connectivity index is 0.00000506. The number of carbonyl (C=O) groups excluding carboxylic acids is 1. The Morgan fingerprint density at radius 3 is 1.84 bits per heavy atom. The Hall–Kier alpha value is -2.47. The second-order valence-electron chi connectivity index (χ2n) is 10.4. The van der Waals surface area contributed by atoms with E-state index < -0.39 is 5.97 Å². The third-order valence-electron chi connectivity index (χ3n) is 6.96. The second-order valence-corrected chi connectivity index (χ2v) is 12.8. The van der Waals surface area contributed by atoms with E-state index in [9.17, 15) is 9.90 Å². The van der Waals surface area contributed by atoms with Crippen molar-refractivity contribution in [1.29, 1.82) is 0 Å². The molecule has 43 heavy (non-hydrogen) atoms. The molecule has 4 aromatic carbocycles. The van der Waals surface area contributed by atoms with Gasteiger partial charge in [0, 0.05) is 22.7 Å². The van der Waals surface area contributed by atoms with Crippen molar-refractivity contribution in [2.45, 2.75) is 48.9 Å². The zero-order valence-corrected chi connectivity index (χ0v) is 28.7. The molecular formula is C38H39NaO2S2. The number of hydrogen-bond donors (Lipinski definition) is 0. The molecule has 0 aliphatic heterocycles. The molecule has 0 N–H and O–H groups in total. The fourth-order valence-corrected chi connectivity index (χ4v) is 6.99. The molecule has 0 bridgehead atoms. The predicted octanol–water partition coefficient (Wildman–Crippen LogP) is 6.27. The van der Waals surface area contributed by atoms with Crippen LogP contribution in [0.2, 0.25) is 0 Å². The second kappa shape index (κ2) is 20.5. The van der Waals surface area contributed by atoms with Gasteiger partial charge in [0.25, 0.3) is 0 Å². The molecule has 0 spiro atoms. The van der Waals surface area contributed by atoms with Crippen LogP contribution in [0.4, 0.5) is 0 Å². The minimum atomic E-state index is -0.947. The van der Waals surface area contributed by atoms with E-state index in [0.29, 0.717) is 11.7 Å². The van der Waals surface area contributed by atoms with Gasteiger partial charge in [-0.1, -0.05) is 140 Å². The molecule has 0 saturated heterocycles. The van der Waals surface area contributed by atoms with Crippen LogP contribution < -0.4 is 34.7 Å². The Kier molecular flexibility index (Phi) is 16.7. The average Bonchev–Trinajstić information content (AvgIpc) is 3.03. The number of benzene rings is 4. The summed E-state index contributed by atoms with van der Waals surface area (Å²) in [6, 6.07) is 38.3. The number of unbranched alkanes of at least 4 members (excludes halogenated alkanes) is 1. The molecule has 0 heterocycles. The van der Waals surface area contributed by atoms with Crippen molar-refractivity contribution in [2.24, 2.45) is 0 Å². The molecule has 4 rings (SSSR count). The van der Waals surface area contributed by atoms with Crippen LogP contribution in [0.1, 0.15) is 65.5 Å². The summed E-state index contributed by atoms with van der Waals surface area (Å²) in [4.78, 5) is 10.9. The molecule has 0 fully saturated rings. The Morgan fingerprint density at radius 1 is 0.628 bits per heavy atom.